The molecule has 0 bridgehead atoms. The van der Waals surface area contributed by atoms with Crippen LogP contribution in [0, 0.1) is 6.92 Å². The monoisotopic (exact) mass is 206 g/mol. The van der Waals surface area contributed by atoms with Crippen LogP contribution in [-0.4, -0.2) is 20.1 Å². The molecule has 15 heavy (non-hydrogen) atoms. The van der Waals surface area contributed by atoms with Gasteiger partial charge in [-0.3, -0.25) is 0 Å². The van der Waals surface area contributed by atoms with Crippen LogP contribution in [-0.2, 0) is 0 Å². The van der Waals surface area contributed by atoms with Gasteiger partial charge in [0.1, 0.15) is 0 Å². The van der Waals surface area contributed by atoms with Gasteiger partial charge in [0.05, 0.1) is 0 Å². The van der Waals surface area contributed by atoms with E-state index in [4.69, 9.17) is 5.73 Å². The van der Waals surface area contributed by atoms with Gasteiger partial charge in [-0.2, -0.15) is 0 Å². The summed E-state index contributed by atoms with van der Waals surface area (Å²) in [5.74, 6) is 0. The van der Waals surface area contributed by atoms with E-state index in [1.165, 1.54) is 24.1 Å². The van der Waals surface area contributed by atoms with Gasteiger partial charge < -0.3 is 10.6 Å². The fourth-order valence-corrected chi connectivity index (χ4v) is 1.66. The van der Waals surface area contributed by atoms with Crippen molar-refractivity contribution in [2.45, 2.75) is 26.2 Å². The summed E-state index contributed by atoms with van der Waals surface area (Å²) in [5, 5.41) is 0. The Morgan fingerprint density at radius 3 is 2.67 bits per heavy atom. The summed E-state index contributed by atoms with van der Waals surface area (Å²) in [6, 6.07) is 8.63. The summed E-state index contributed by atoms with van der Waals surface area (Å²) in [7, 11) is 2.15. The van der Waals surface area contributed by atoms with Crippen molar-refractivity contribution >= 4 is 5.69 Å². The normalized spacial score (nSPS) is 10.3. The van der Waals surface area contributed by atoms with Crippen LogP contribution in [0.5, 0.6) is 0 Å². The zero-order chi connectivity index (χ0) is 11.1. The molecule has 0 amide bonds. The van der Waals surface area contributed by atoms with E-state index >= 15 is 0 Å². The third-order valence-corrected chi connectivity index (χ3v) is 2.64. The van der Waals surface area contributed by atoms with Gasteiger partial charge in [-0.1, -0.05) is 18.6 Å². The average Bonchev–Trinajstić information content (AvgIpc) is 2.24. The molecular weight excluding hydrogens is 184 g/mol. The van der Waals surface area contributed by atoms with Gasteiger partial charge >= 0.3 is 0 Å². The summed E-state index contributed by atoms with van der Waals surface area (Å²) in [4.78, 5) is 2.31. The van der Waals surface area contributed by atoms with E-state index < -0.39 is 0 Å². The molecule has 0 unspecified atom stereocenters. The minimum absolute atomic E-state index is 0.814. The molecule has 0 spiro atoms. The van der Waals surface area contributed by atoms with Crippen molar-refractivity contribution in [2.75, 3.05) is 25.0 Å². The Bertz CT molecular complexity index is 284. The molecule has 0 atom stereocenters. The van der Waals surface area contributed by atoms with Gasteiger partial charge in [0.25, 0.3) is 0 Å². The summed E-state index contributed by atoms with van der Waals surface area (Å²) in [6.45, 7) is 4.06. The first kappa shape index (κ1) is 12.1. The van der Waals surface area contributed by atoms with E-state index in [1.807, 2.05) is 0 Å². The van der Waals surface area contributed by atoms with Gasteiger partial charge in [0.15, 0.2) is 0 Å². The minimum atomic E-state index is 0.814. The van der Waals surface area contributed by atoms with Crippen molar-refractivity contribution in [3.8, 4) is 0 Å². The number of nitrogens with zero attached hydrogens (tertiary/aromatic N) is 1. The highest BCUT2D eigenvalue weighted by atomic mass is 15.1. The van der Waals surface area contributed by atoms with Crippen LogP contribution in [0.15, 0.2) is 24.3 Å². The van der Waals surface area contributed by atoms with Gasteiger partial charge in [-0.15, -0.1) is 0 Å². The number of rotatable bonds is 6. The first-order valence-electron chi connectivity index (χ1n) is 5.72. The molecule has 0 aliphatic heterocycles. The molecule has 84 valence electrons. The van der Waals surface area contributed by atoms with E-state index in [1.54, 1.807) is 0 Å². The highest BCUT2D eigenvalue weighted by Gasteiger charge is 1.99. The number of aryl methyl sites for hydroxylation is 1. The van der Waals surface area contributed by atoms with Gasteiger partial charge in [0.2, 0.25) is 0 Å². The Balaban J connectivity index is 2.36. The minimum Gasteiger partial charge on any atom is -0.375 e. The topological polar surface area (TPSA) is 29.3 Å². The second-order valence-electron chi connectivity index (χ2n) is 4.11. The molecule has 0 saturated carbocycles. The molecule has 2 heteroatoms. The molecule has 0 aliphatic rings. The lowest BCUT2D eigenvalue weighted by Gasteiger charge is -2.19. The average molecular weight is 206 g/mol. The number of hydrogen-bond donors (Lipinski definition) is 1. The quantitative estimate of drug-likeness (QED) is 0.725. The number of hydrogen-bond acceptors (Lipinski definition) is 2. The standard InChI is InChI=1S/C13H22N2/c1-12-7-6-8-13(11-12)15(2)10-5-3-4-9-14/h6-8,11H,3-5,9-10,14H2,1-2H3. The molecule has 1 aromatic carbocycles. The van der Waals surface area contributed by atoms with Crippen molar-refractivity contribution in [3.63, 3.8) is 0 Å². The lowest BCUT2D eigenvalue weighted by molar-refractivity contribution is 0.679. The van der Waals surface area contributed by atoms with E-state index in [9.17, 15) is 0 Å². The fourth-order valence-electron chi connectivity index (χ4n) is 1.66. The lowest BCUT2D eigenvalue weighted by Crippen LogP contribution is -2.18. The second kappa shape index (κ2) is 6.46. The Labute approximate surface area is 93.1 Å². The molecule has 0 fully saturated rings. The molecular formula is C13H22N2. The third kappa shape index (κ3) is 4.34. The smallest absolute Gasteiger partial charge is 0.0366 e. The number of anilines is 1. The third-order valence-electron chi connectivity index (χ3n) is 2.64. The first-order valence-corrected chi connectivity index (χ1v) is 5.72. The van der Waals surface area contributed by atoms with Crippen molar-refractivity contribution in [1.29, 1.82) is 0 Å². The molecule has 0 radical (unpaired) electrons. The first-order chi connectivity index (χ1) is 7.24. The summed E-state index contributed by atoms with van der Waals surface area (Å²) >= 11 is 0. The van der Waals surface area contributed by atoms with Gasteiger partial charge in [0, 0.05) is 19.3 Å². The van der Waals surface area contributed by atoms with Gasteiger partial charge in [-0.05, 0) is 44.0 Å². The molecule has 1 rings (SSSR count). The molecule has 2 nitrogen and oxygen atoms in total. The van der Waals surface area contributed by atoms with Gasteiger partial charge in [-0.25, -0.2) is 0 Å². The summed E-state index contributed by atoms with van der Waals surface area (Å²) < 4.78 is 0. The van der Waals surface area contributed by atoms with Crippen molar-refractivity contribution in [3.05, 3.63) is 29.8 Å². The molecule has 2 N–H and O–H groups in total. The summed E-state index contributed by atoms with van der Waals surface area (Å²) in [6.07, 6.45) is 3.59. The molecule has 0 saturated heterocycles. The van der Waals surface area contributed by atoms with Crippen molar-refractivity contribution in [1.82, 2.24) is 0 Å². The fraction of sp³-hybridized carbons (Fsp3) is 0.538. The van der Waals surface area contributed by atoms with Crippen LogP contribution in [0.3, 0.4) is 0 Å². The predicted molar refractivity (Wildman–Crippen MR) is 67.4 cm³/mol. The van der Waals surface area contributed by atoms with E-state index in [-0.39, 0.29) is 0 Å². The van der Waals surface area contributed by atoms with E-state index in [2.05, 4.69) is 43.1 Å². The predicted octanol–water partition coefficient (Wildman–Crippen LogP) is 2.56. The zero-order valence-electron chi connectivity index (χ0n) is 9.87. The molecule has 0 aromatic heterocycles. The number of benzene rings is 1. The van der Waals surface area contributed by atoms with E-state index in [0.717, 1.165) is 19.5 Å². The Hall–Kier alpha value is -1.02. The molecule has 0 heterocycles. The van der Waals surface area contributed by atoms with Crippen LogP contribution in [0.1, 0.15) is 24.8 Å². The Morgan fingerprint density at radius 2 is 2.00 bits per heavy atom. The molecule has 1 aromatic rings. The highest BCUT2D eigenvalue weighted by Crippen LogP contribution is 2.14. The van der Waals surface area contributed by atoms with Crippen LogP contribution < -0.4 is 10.6 Å². The largest absolute Gasteiger partial charge is 0.375 e. The highest BCUT2D eigenvalue weighted by molar-refractivity contribution is 5.47. The molecule has 0 aliphatic carbocycles. The number of nitrogens with two attached hydrogens (primary N) is 1. The zero-order valence-corrected chi connectivity index (χ0v) is 9.87. The second-order valence-corrected chi connectivity index (χ2v) is 4.11. The van der Waals surface area contributed by atoms with Crippen LogP contribution in [0.2, 0.25) is 0 Å². The van der Waals surface area contributed by atoms with Crippen LogP contribution >= 0.6 is 0 Å². The van der Waals surface area contributed by atoms with Crippen molar-refractivity contribution in [2.24, 2.45) is 5.73 Å². The lowest BCUT2D eigenvalue weighted by atomic mass is 10.2. The SMILES string of the molecule is Cc1cccc(N(C)CCCCCN)c1. The van der Waals surface area contributed by atoms with E-state index in [0.29, 0.717) is 0 Å². The maximum absolute atomic E-state index is 5.46. The Kier molecular flexibility index (Phi) is 5.19. The van der Waals surface area contributed by atoms with Crippen LogP contribution in [0.25, 0.3) is 0 Å². The number of unbranched alkanes of at least 4 members (excludes halogenated alkanes) is 2. The van der Waals surface area contributed by atoms with Crippen LogP contribution in [0.4, 0.5) is 5.69 Å². The van der Waals surface area contributed by atoms with Crippen molar-refractivity contribution < 1.29 is 0 Å². The summed E-state index contributed by atoms with van der Waals surface area (Å²) in [5.41, 5.74) is 8.09. The maximum atomic E-state index is 5.46. The maximum Gasteiger partial charge on any atom is 0.0366 e. The Morgan fingerprint density at radius 1 is 1.20 bits per heavy atom.